The maximum Gasteiger partial charge on any atom is 0.148 e. The Morgan fingerprint density at radius 1 is 1.56 bits per heavy atom. The van der Waals surface area contributed by atoms with Crippen molar-refractivity contribution < 1.29 is 18.3 Å². The fraction of sp³-hybridized carbons (Fsp3) is 1.00. The van der Waals surface area contributed by atoms with Crippen molar-refractivity contribution in [3.05, 3.63) is 0 Å². The molecule has 5 nitrogen and oxygen atoms in total. The van der Waals surface area contributed by atoms with Crippen molar-refractivity contribution in [2.75, 3.05) is 45.4 Å². The van der Waals surface area contributed by atoms with Gasteiger partial charge in [-0.25, -0.2) is 8.42 Å². The molecule has 1 heterocycles. The third-order valence-corrected chi connectivity index (χ3v) is 3.78. The summed E-state index contributed by atoms with van der Waals surface area (Å²) in [6.07, 6.45) is 1.69. The van der Waals surface area contributed by atoms with Crippen LogP contribution in [-0.2, 0) is 14.6 Å². The highest BCUT2D eigenvalue weighted by molar-refractivity contribution is 7.90. The Bertz CT molecular complexity index is 298. The molecule has 0 amide bonds. The molecule has 1 aliphatic rings. The molecule has 1 saturated heterocycles. The van der Waals surface area contributed by atoms with Crippen LogP contribution < -0.4 is 0 Å². The quantitative estimate of drug-likeness (QED) is 0.680. The number of hydrogen-bond acceptors (Lipinski definition) is 5. The van der Waals surface area contributed by atoms with Crippen molar-refractivity contribution in [3.63, 3.8) is 0 Å². The van der Waals surface area contributed by atoms with Gasteiger partial charge in [-0.3, -0.25) is 0 Å². The molecule has 0 aromatic heterocycles. The summed E-state index contributed by atoms with van der Waals surface area (Å²) in [7, 11) is -1.10. The summed E-state index contributed by atoms with van der Waals surface area (Å²) in [4.78, 5) is 1.85. The molecule has 0 bridgehead atoms. The van der Waals surface area contributed by atoms with Gasteiger partial charge in [0.2, 0.25) is 0 Å². The Balaban J connectivity index is 2.25. The molecule has 0 radical (unpaired) electrons. The van der Waals surface area contributed by atoms with Gasteiger partial charge in [-0.1, -0.05) is 0 Å². The molecule has 2 unspecified atom stereocenters. The Labute approximate surface area is 97.3 Å². The molecule has 2 atom stereocenters. The minimum absolute atomic E-state index is 0.136. The minimum atomic E-state index is -2.92. The zero-order valence-corrected chi connectivity index (χ0v) is 10.7. The van der Waals surface area contributed by atoms with E-state index in [2.05, 4.69) is 0 Å². The van der Waals surface area contributed by atoms with Gasteiger partial charge >= 0.3 is 0 Å². The predicted octanol–water partition coefficient (Wildman–Crippen LogP) is -0.640. The summed E-state index contributed by atoms with van der Waals surface area (Å²) < 4.78 is 27.1. The van der Waals surface area contributed by atoms with Crippen LogP contribution >= 0.6 is 0 Å². The Morgan fingerprint density at radius 2 is 2.25 bits per heavy atom. The average molecular weight is 251 g/mol. The second kappa shape index (κ2) is 5.95. The van der Waals surface area contributed by atoms with Crippen LogP contribution in [0.3, 0.4) is 0 Å². The molecule has 1 fully saturated rings. The number of rotatable bonds is 6. The standard InChI is InChI=1S/C10H21NO4S/c1-11(4-6-16(2,13)14)7-10(12)9-3-5-15-8-9/h9-10,12H,3-8H2,1-2H3. The van der Waals surface area contributed by atoms with Gasteiger partial charge in [0.15, 0.2) is 0 Å². The van der Waals surface area contributed by atoms with Crippen LogP contribution in [0.2, 0.25) is 0 Å². The zero-order valence-electron chi connectivity index (χ0n) is 9.92. The molecule has 1 aliphatic heterocycles. The van der Waals surface area contributed by atoms with E-state index < -0.39 is 15.9 Å². The van der Waals surface area contributed by atoms with Gasteiger partial charge in [0, 0.05) is 31.9 Å². The Kier molecular flexibility index (Phi) is 5.17. The first-order chi connectivity index (χ1) is 7.38. The lowest BCUT2D eigenvalue weighted by Gasteiger charge is -2.23. The van der Waals surface area contributed by atoms with Crippen LogP contribution in [-0.4, -0.2) is 69.9 Å². The SMILES string of the molecule is CN(CCS(C)(=O)=O)CC(O)C1CCOC1. The molecule has 0 aromatic carbocycles. The van der Waals surface area contributed by atoms with Crippen LogP contribution in [0.15, 0.2) is 0 Å². The highest BCUT2D eigenvalue weighted by Gasteiger charge is 2.24. The van der Waals surface area contributed by atoms with Crippen LogP contribution in [0.5, 0.6) is 0 Å². The first-order valence-corrected chi connectivity index (χ1v) is 7.56. The molecule has 0 aliphatic carbocycles. The van der Waals surface area contributed by atoms with Crippen molar-refractivity contribution in [3.8, 4) is 0 Å². The number of hydrogen-bond donors (Lipinski definition) is 1. The molecule has 1 N–H and O–H groups in total. The normalized spacial score (nSPS) is 23.9. The number of aliphatic hydroxyl groups is 1. The van der Waals surface area contributed by atoms with Gasteiger partial charge in [-0.05, 0) is 13.5 Å². The van der Waals surface area contributed by atoms with Gasteiger partial charge in [-0.2, -0.15) is 0 Å². The number of nitrogens with zero attached hydrogens (tertiary/aromatic N) is 1. The molecule has 0 aromatic rings. The second-order valence-corrected chi connectivity index (χ2v) is 6.84. The van der Waals surface area contributed by atoms with E-state index in [1.54, 1.807) is 0 Å². The summed E-state index contributed by atoms with van der Waals surface area (Å²) in [5, 5.41) is 9.88. The van der Waals surface area contributed by atoms with Gasteiger partial charge in [0.25, 0.3) is 0 Å². The van der Waals surface area contributed by atoms with Crippen LogP contribution in [0.1, 0.15) is 6.42 Å². The van der Waals surface area contributed by atoms with Crippen molar-refractivity contribution in [2.45, 2.75) is 12.5 Å². The molecular weight excluding hydrogens is 230 g/mol. The van der Waals surface area contributed by atoms with Crippen molar-refractivity contribution in [2.24, 2.45) is 5.92 Å². The number of aliphatic hydroxyl groups excluding tert-OH is 1. The molecule has 6 heteroatoms. The van der Waals surface area contributed by atoms with Crippen molar-refractivity contribution in [1.29, 1.82) is 0 Å². The largest absolute Gasteiger partial charge is 0.391 e. The monoisotopic (exact) mass is 251 g/mol. The lowest BCUT2D eigenvalue weighted by atomic mass is 10.0. The zero-order chi connectivity index (χ0) is 12.2. The smallest absolute Gasteiger partial charge is 0.148 e. The molecule has 0 saturated carbocycles. The second-order valence-electron chi connectivity index (χ2n) is 4.58. The summed E-state index contributed by atoms with van der Waals surface area (Å²) in [5.74, 6) is 0.331. The fourth-order valence-corrected chi connectivity index (χ4v) is 2.38. The highest BCUT2D eigenvalue weighted by atomic mass is 32.2. The lowest BCUT2D eigenvalue weighted by molar-refractivity contribution is 0.0648. The number of sulfone groups is 1. The van der Waals surface area contributed by atoms with E-state index >= 15 is 0 Å². The van der Waals surface area contributed by atoms with Crippen molar-refractivity contribution >= 4 is 9.84 Å². The summed E-state index contributed by atoms with van der Waals surface area (Å²) in [6, 6.07) is 0. The number of ether oxygens (including phenoxy) is 1. The van der Waals surface area contributed by atoms with E-state index in [1.807, 2.05) is 11.9 Å². The first-order valence-electron chi connectivity index (χ1n) is 5.50. The van der Waals surface area contributed by atoms with Gasteiger partial charge in [0.1, 0.15) is 9.84 Å². The molecular formula is C10H21NO4S. The van der Waals surface area contributed by atoms with E-state index in [0.29, 0.717) is 19.7 Å². The third-order valence-electron chi connectivity index (χ3n) is 2.85. The summed E-state index contributed by atoms with van der Waals surface area (Å²) >= 11 is 0. The summed E-state index contributed by atoms with van der Waals surface area (Å²) in [6.45, 7) is 2.29. The van der Waals surface area contributed by atoms with Crippen LogP contribution in [0.4, 0.5) is 0 Å². The predicted molar refractivity (Wildman–Crippen MR) is 62.1 cm³/mol. The molecule has 96 valence electrons. The van der Waals surface area contributed by atoms with Gasteiger partial charge < -0.3 is 14.7 Å². The van der Waals surface area contributed by atoms with Gasteiger partial charge in [0.05, 0.1) is 18.5 Å². The van der Waals surface area contributed by atoms with Crippen molar-refractivity contribution in [1.82, 2.24) is 4.90 Å². The van der Waals surface area contributed by atoms with E-state index in [4.69, 9.17) is 4.74 Å². The van der Waals surface area contributed by atoms with E-state index in [9.17, 15) is 13.5 Å². The third kappa shape index (κ3) is 5.25. The van der Waals surface area contributed by atoms with Crippen LogP contribution in [0.25, 0.3) is 0 Å². The first kappa shape index (κ1) is 13.9. The van der Waals surface area contributed by atoms with Gasteiger partial charge in [-0.15, -0.1) is 0 Å². The van der Waals surface area contributed by atoms with E-state index in [0.717, 1.165) is 13.0 Å². The highest BCUT2D eigenvalue weighted by Crippen LogP contribution is 2.17. The maximum absolute atomic E-state index is 11.0. The maximum atomic E-state index is 11.0. The lowest BCUT2D eigenvalue weighted by Crippen LogP contribution is -2.36. The fourth-order valence-electron chi connectivity index (χ4n) is 1.74. The summed E-state index contributed by atoms with van der Waals surface area (Å²) in [5.41, 5.74) is 0. The minimum Gasteiger partial charge on any atom is -0.391 e. The average Bonchev–Trinajstić information content (AvgIpc) is 2.66. The van der Waals surface area contributed by atoms with Crippen LogP contribution in [0, 0.1) is 5.92 Å². The molecule has 1 rings (SSSR count). The topological polar surface area (TPSA) is 66.8 Å². The molecule has 16 heavy (non-hydrogen) atoms. The molecule has 0 spiro atoms. The Hall–Kier alpha value is -0.170. The van der Waals surface area contributed by atoms with E-state index in [-0.39, 0.29) is 11.7 Å². The van der Waals surface area contributed by atoms with E-state index in [1.165, 1.54) is 6.26 Å². The number of likely N-dealkylation sites (N-methyl/N-ethyl adjacent to an activating group) is 1. The Morgan fingerprint density at radius 3 is 2.75 bits per heavy atom.